The van der Waals surface area contributed by atoms with Gasteiger partial charge in [0.2, 0.25) is 0 Å². The standard InChI is InChI=1S/C26H35O2P.CH4O3S/c1-27-23-17-11-18-24(28-2)26(23)22-16-9-10-19-25(22)29(20-12-5-3-6-13-20)21-14-7-4-8-15-21;1-5(2,3)4/h9-11,16-21H,3-8,12-15H2,1-2H3;1H3,(H,2,3,4). The van der Waals surface area contributed by atoms with Crippen molar-refractivity contribution in [2.24, 2.45) is 0 Å². The maximum absolute atomic E-state index is 9.19. The minimum absolute atomic E-state index is 0.182. The van der Waals surface area contributed by atoms with Crippen LogP contribution in [0.3, 0.4) is 0 Å². The third kappa shape index (κ3) is 7.44. The van der Waals surface area contributed by atoms with Crippen LogP contribution in [0.5, 0.6) is 11.5 Å². The van der Waals surface area contributed by atoms with Crippen molar-refractivity contribution in [1.82, 2.24) is 0 Å². The van der Waals surface area contributed by atoms with Gasteiger partial charge in [-0.3, -0.25) is 4.55 Å². The molecule has 0 atom stereocenters. The fourth-order valence-electron chi connectivity index (χ4n) is 5.44. The van der Waals surface area contributed by atoms with Crippen LogP contribution in [0, 0.1) is 0 Å². The van der Waals surface area contributed by atoms with Crippen LogP contribution in [0.4, 0.5) is 0 Å². The number of methoxy groups -OCH3 is 2. The van der Waals surface area contributed by atoms with E-state index in [1.165, 1.54) is 69.8 Å². The van der Waals surface area contributed by atoms with E-state index in [0.717, 1.165) is 28.4 Å². The largest absolute Gasteiger partial charge is 0.496 e. The van der Waals surface area contributed by atoms with Gasteiger partial charge in [0.1, 0.15) is 11.5 Å². The maximum atomic E-state index is 9.19. The van der Waals surface area contributed by atoms with Crippen molar-refractivity contribution >= 4 is 23.3 Å². The number of benzene rings is 2. The second-order valence-electron chi connectivity index (χ2n) is 9.28. The summed E-state index contributed by atoms with van der Waals surface area (Å²) in [6, 6.07) is 15.3. The molecule has 2 aromatic rings. The van der Waals surface area contributed by atoms with Gasteiger partial charge in [0, 0.05) is 0 Å². The lowest BCUT2D eigenvalue weighted by atomic mass is 9.99. The molecule has 0 spiro atoms. The predicted molar refractivity (Wildman–Crippen MR) is 143 cm³/mol. The van der Waals surface area contributed by atoms with E-state index in [-0.39, 0.29) is 7.92 Å². The normalized spacial score (nSPS) is 17.7. The Balaban J connectivity index is 0.000000588. The van der Waals surface area contributed by atoms with Gasteiger partial charge in [0.25, 0.3) is 10.1 Å². The average molecular weight is 507 g/mol. The topological polar surface area (TPSA) is 72.8 Å². The first kappa shape index (κ1) is 27.0. The first-order valence-corrected chi connectivity index (χ1v) is 15.7. The van der Waals surface area contributed by atoms with Gasteiger partial charge in [-0.15, -0.1) is 0 Å². The van der Waals surface area contributed by atoms with Gasteiger partial charge in [-0.2, -0.15) is 8.42 Å². The molecule has 0 aliphatic heterocycles. The van der Waals surface area contributed by atoms with E-state index in [4.69, 9.17) is 14.0 Å². The first-order valence-electron chi connectivity index (χ1n) is 12.3. The fraction of sp³-hybridized carbons (Fsp3) is 0.556. The molecule has 2 saturated carbocycles. The molecular weight excluding hydrogens is 467 g/mol. The van der Waals surface area contributed by atoms with Crippen molar-refractivity contribution in [3.05, 3.63) is 42.5 Å². The highest BCUT2D eigenvalue weighted by atomic mass is 32.2. The molecule has 0 bridgehead atoms. The third-order valence-electron chi connectivity index (χ3n) is 6.82. The Hall–Kier alpha value is -1.62. The second kappa shape index (κ2) is 12.9. The molecule has 0 amide bonds. The molecule has 7 heteroatoms. The summed E-state index contributed by atoms with van der Waals surface area (Å²) in [6.45, 7) is 0. The molecule has 188 valence electrons. The molecule has 2 aliphatic carbocycles. The highest BCUT2D eigenvalue weighted by Crippen LogP contribution is 2.57. The Morgan fingerprint density at radius 2 is 1.21 bits per heavy atom. The number of hydrogen-bond acceptors (Lipinski definition) is 4. The Morgan fingerprint density at radius 1 is 0.765 bits per heavy atom. The van der Waals surface area contributed by atoms with Gasteiger partial charge in [0.05, 0.1) is 26.0 Å². The summed E-state index contributed by atoms with van der Waals surface area (Å²) in [7, 11) is -0.309. The van der Waals surface area contributed by atoms with Gasteiger partial charge in [-0.25, -0.2) is 0 Å². The van der Waals surface area contributed by atoms with E-state index < -0.39 is 10.1 Å². The summed E-state index contributed by atoms with van der Waals surface area (Å²) in [5, 5.41) is 1.59. The Morgan fingerprint density at radius 3 is 1.65 bits per heavy atom. The van der Waals surface area contributed by atoms with Crippen molar-refractivity contribution in [3.63, 3.8) is 0 Å². The van der Waals surface area contributed by atoms with Crippen molar-refractivity contribution in [2.75, 3.05) is 20.5 Å². The van der Waals surface area contributed by atoms with Crippen LogP contribution in [-0.4, -0.2) is 44.8 Å². The summed E-state index contributed by atoms with van der Waals surface area (Å²) in [4.78, 5) is 0. The van der Waals surface area contributed by atoms with Crippen molar-refractivity contribution in [3.8, 4) is 22.6 Å². The minimum Gasteiger partial charge on any atom is -0.496 e. The van der Waals surface area contributed by atoms with Gasteiger partial charge in [-0.1, -0.05) is 76.8 Å². The summed E-state index contributed by atoms with van der Waals surface area (Å²) in [5.74, 6) is 1.83. The quantitative estimate of drug-likeness (QED) is 0.351. The molecule has 0 saturated heterocycles. The zero-order valence-electron chi connectivity index (χ0n) is 20.7. The maximum Gasteiger partial charge on any atom is 0.261 e. The van der Waals surface area contributed by atoms with E-state index in [0.29, 0.717) is 6.26 Å². The molecule has 0 aromatic heterocycles. The molecule has 0 unspecified atom stereocenters. The Labute approximate surface area is 206 Å². The molecule has 0 radical (unpaired) electrons. The van der Waals surface area contributed by atoms with Crippen LogP contribution in [0.25, 0.3) is 11.1 Å². The van der Waals surface area contributed by atoms with Crippen LogP contribution in [-0.2, 0) is 10.1 Å². The summed E-state index contributed by atoms with van der Waals surface area (Å²) < 4.78 is 37.5. The van der Waals surface area contributed by atoms with Crippen molar-refractivity contribution < 1.29 is 22.4 Å². The lowest BCUT2D eigenvalue weighted by molar-refractivity contribution is 0.397. The summed E-state index contributed by atoms with van der Waals surface area (Å²) >= 11 is 0. The number of hydrogen-bond donors (Lipinski definition) is 1. The van der Waals surface area contributed by atoms with E-state index in [1.807, 2.05) is 6.07 Å². The Bertz CT molecular complexity index is 963. The van der Waals surface area contributed by atoms with E-state index in [1.54, 1.807) is 19.5 Å². The minimum atomic E-state index is -3.67. The average Bonchev–Trinajstić information content (AvgIpc) is 2.84. The molecular formula is C27H39O5PS. The van der Waals surface area contributed by atoms with Gasteiger partial charge in [0.15, 0.2) is 0 Å². The molecule has 2 aliphatic rings. The highest BCUT2D eigenvalue weighted by molar-refractivity contribution is 7.85. The monoisotopic (exact) mass is 506 g/mol. The lowest BCUT2D eigenvalue weighted by Gasteiger charge is -2.39. The summed E-state index contributed by atoms with van der Waals surface area (Å²) in [6.07, 6.45) is 14.9. The van der Waals surface area contributed by atoms with Crippen LogP contribution in [0.2, 0.25) is 0 Å². The van der Waals surface area contributed by atoms with Gasteiger partial charge < -0.3 is 9.47 Å². The molecule has 0 heterocycles. The van der Waals surface area contributed by atoms with Crippen LogP contribution < -0.4 is 14.8 Å². The molecule has 2 aromatic carbocycles. The lowest BCUT2D eigenvalue weighted by Crippen LogP contribution is -2.27. The molecule has 4 rings (SSSR count). The number of ether oxygens (including phenoxy) is 2. The molecule has 1 N–H and O–H groups in total. The van der Waals surface area contributed by atoms with Crippen LogP contribution in [0.15, 0.2) is 42.5 Å². The first-order chi connectivity index (χ1) is 16.3. The highest BCUT2D eigenvalue weighted by Gasteiger charge is 2.34. The molecule has 2 fully saturated rings. The number of rotatable bonds is 6. The Kier molecular flexibility index (Phi) is 10.2. The smallest absolute Gasteiger partial charge is 0.261 e. The van der Waals surface area contributed by atoms with Gasteiger partial charge >= 0.3 is 0 Å². The predicted octanol–water partition coefficient (Wildman–Crippen LogP) is 6.65. The van der Waals surface area contributed by atoms with Crippen molar-refractivity contribution in [2.45, 2.75) is 75.5 Å². The zero-order valence-corrected chi connectivity index (χ0v) is 22.4. The van der Waals surface area contributed by atoms with E-state index in [9.17, 15) is 8.42 Å². The van der Waals surface area contributed by atoms with Crippen LogP contribution >= 0.6 is 7.92 Å². The molecule has 34 heavy (non-hydrogen) atoms. The zero-order chi connectivity index (χ0) is 24.6. The molecule has 5 nitrogen and oxygen atoms in total. The summed E-state index contributed by atoms with van der Waals surface area (Å²) in [5.41, 5.74) is 4.23. The van der Waals surface area contributed by atoms with Gasteiger partial charge in [-0.05, 0) is 60.0 Å². The third-order valence-corrected chi connectivity index (χ3v) is 10.4. The van der Waals surface area contributed by atoms with Crippen LogP contribution in [0.1, 0.15) is 64.2 Å². The fourth-order valence-corrected chi connectivity index (χ4v) is 9.39. The van der Waals surface area contributed by atoms with E-state index in [2.05, 4.69) is 36.4 Å². The SMILES string of the molecule is COc1cccc(OC)c1-c1ccccc1P(C1CCCCC1)C1CCCCC1.CS(=O)(=O)O. The van der Waals surface area contributed by atoms with Crippen molar-refractivity contribution in [1.29, 1.82) is 0 Å². The second-order valence-corrected chi connectivity index (χ2v) is 13.5. The van der Waals surface area contributed by atoms with E-state index >= 15 is 0 Å².